The lowest BCUT2D eigenvalue weighted by molar-refractivity contribution is 0.237. The van der Waals surface area contributed by atoms with Crippen LogP contribution in [0, 0.1) is 5.92 Å². The van der Waals surface area contributed by atoms with Crippen LogP contribution in [0.5, 0.6) is 5.75 Å². The number of benzene rings is 1. The van der Waals surface area contributed by atoms with Gasteiger partial charge in [-0.2, -0.15) is 0 Å². The average molecular weight is 276 g/mol. The average Bonchev–Trinajstić information content (AvgIpc) is 2.47. The molecular formula is C17H28N2O. The van der Waals surface area contributed by atoms with Crippen molar-refractivity contribution < 1.29 is 4.74 Å². The molecule has 0 aromatic heterocycles. The molecule has 0 radical (unpaired) electrons. The Hall–Kier alpha value is -1.22. The van der Waals surface area contributed by atoms with E-state index in [1.54, 1.807) is 0 Å². The van der Waals surface area contributed by atoms with Gasteiger partial charge in [-0.15, -0.1) is 0 Å². The number of anilines is 1. The maximum absolute atomic E-state index is 5.75. The highest BCUT2D eigenvalue weighted by atomic mass is 16.5. The number of piperidine rings is 1. The summed E-state index contributed by atoms with van der Waals surface area (Å²) in [7, 11) is 0. The predicted molar refractivity (Wildman–Crippen MR) is 85.6 cm³/mol. The van der Waals surface area contributed by atoms with Crippen molar-refractivity contribution in [2.24, 2.45) is 5.92 Å². The summed E-state index contributed by atoms with van der Waals surface area (Å²) in [6, 6.07) is 8.29. The normalized spacial score (nSPS) is 16.4. The zero-order chi connectivity index (χ0) is 14.2. The summed E-state index contributed by atoms with van der Waals surface area (Å²) in [5, 5.41) is 3.50. The molecule has 1 aliphatic heterocycles. The molecular weight excluding hydrogens is 248 g/mol. The lowest BCUT2D eigenvalue weighted by Gasteiger charge is -2.26. The number of hydrogen-bond acceptors (Lipinski definition) is 3. The number of rotatable bonds is 7. The molecule has 1 aromatic carbocycles. The van der Waals surface area contributed by atoms with E-state index in [0.717, 1.165) is 31.1 Å². The maximum Gasteiger partial charge on any atom is 0.121 e. The molecule has 20 heavy (non-hydrogen) atoms. The molecule has 0 aliphatic carbocycles. The van der Waals surface area contributed by atoms with Gasteiger partial charge < -0.3 is 15.0 Å². The van der Waals surface area contributed by atoms with Gasteiger partial charge in [0.25, 0.3) is 0 Å². The van der Waals surface area contributed by atoms with Crippen molar-refractivity contribution in [3.05, 3.63) is 24.3 Å². The lowest BCUT2D eigenvalue weighted by Crippen LogP contribution is -2.33. The molecule has 0 spiro atoms. The van der Waals surface area contributed by atoms with E-state index in [9.17, 15) is 0 Å². The van der Waals surface area contributed by atoms with E-state index >= 15 is 0 Å². The van der Waals surface area contributed by atoms with Gasteiger partial charge in [0.2, 0.25) is 0 Å². The summed E-state index contributed by atoms with van der Waals surface area (Å²) in [5.41, 5.74) is 1.16. The van der Waals surface area contributed by atoms with Crippen LogP contribution in [0.3, 0.4) is 0 Å². The van der Waals surface area contributed by atoms with Crippen molar-refractivity contribution in [1.29, 1.82) is 0 Å². The van der Waals surface area contributed by atoms with Crippen molar-refractivity contribution in [3.8, 4) is 5.75 Å². The fourth-order valence-corrected chi connectivity index (χ4v) is 2.50. The summed E-state index contributed by atoms with van der Waals surface area (Å²) < 4.78 is 5.75. The second kappa shape index (κ2) is 8.15. The van der Waals surface area contributed by atoms with Crippen LogP contribution in [0.4, 0.5) is 5.69 Å². The lowest BCUT2D eigenvalue weighted by atomic mass is 10.1. The van der Waals surface area contributed by atoms with E-state index in [2.05, 4.69) is 42.3 Å². The van der Waals surface area contributed by atoms with Crippen LogP contribution in [0.25, 0.3) is 0 Å². The number of ether oxygens (including phenoxy) is 1. The first-order valence-corrected chi connectivity index (χ1v) is 7.93. The molecule has 0 amide bonds. The second-order valence-corrected chi connectivity index (χ2v) is 6.06. The molecule has 1 saturated heterocycles. The topological polar surface area (TPSA) is 24.5 Å². The van der Waals surface area contributed by atoms with Gasteiger partial charge in [-0.3, -0.25) is 0 Å². The molecule has 1 N–H and O–H groups in total. The Morgan fingerprint density at radius 2 is 2.00 bits per heavy atom. The third-order valence-electron chi connectivity index (χ3n) is 3.62. The molecule has 1 aliphatic rings. The van der Waals surface area contributed by atoms with E-state index in [1.165, 1.54) is 32.4 Å². The minimum atomic E-state index is 0.561. The van der Waals surface area contributed by atoms with Crippen molar-refractivity contribution in [1.82, 2.24) is 4.90 Å². The first kappa shape index (κ1) is 15.2. The molecule has 3 nitrogen and oxygen atoms in total. The summed E-state index contributed by atoms with van der Waals surface area (Å²) in [6.07, 6.45) is 4.12. The van der Waals surface area contributed by atoms with Gasteiger partial charge in [0.1, 0.15) is 5.75 Å². The highest BCUT2D eigenvalue weighted by molar-refractivity contribution is 5.48. The smallest absolute Gasteiger partial charge is 0.121 e. The highest BCUT2D eigenvalue weighted by Gasteiger charge is 2.08. The van der Waals surface area contributed by atoms with Crippen molar-refractivity contribution in [2.45, 2.75) is 33.1 Å². The summed E-state index contributed by atoms with van der Waals surface area (Å²) in [6.45, 7) is 9.78. The molecule has 1 fully saturated rings. The van der Waals surface area contributed by atoms with E-state index in [-0.39, 0.29) is 0 Å². The zero-order valence-electron chi connectivity index (χ0n) is 12.9. The largest absolute Gasteiger partial charge is 0.493 e. The van der Waals surface area contributed by atoms with Crippen molar-refractivity contribution in [2.75, 3.05) is 38.1 Å². The minimum absolute atomic E-state index is 0.561. The Kier molecular flexibility index (Phi) is 6.19. The number of likely N-dealkylation sites (tertiary alicyclic amines) is 1. The first-order valence-electron chi connectivity index (χ1n) is 7.93. The van der Waals surface area contributed by atoms with Crippen LogP contribution in [-0.2, 0) is 0 Å². The van der Waals surface area contributed by atoms with Gasteiger partial charge in [0.15, 0.2) is 0 Å². The molecule has 3 heteroatoms. The molecule has 0 bridgehead atoms. The SMILES string of the molecule is CC(C)COc1cccc(NCCN2CCCCC2)c1. The van der Waals surface area contributed by atoms with Gasteiger partial charge in [-0.25, -0.2) is 0 Å². The molecule has 1 aromatic rings. The van der Waals surface area contributed by atoms with Gasteiger partial charge >= 0.3 is 0 Å². The van der Waals surface area contributed by atoms with Crippen LogP contribution in [0.15, 0.2) is 24.3 Å². The molecule has 0 unspecified atom stereocenters. The number of nitrogens with zero attached hydrogens (tertiary/aromatic N) is 1. The summed E-state index contributed by atoms with van der Waals surface area (Å²) >= 11 is 0. The van der Waals surface area contributed by atoms with Crippen LogP contribution < -0.4 is 10.1 Å². The van der Waals surface area contributed by atoms with Gasteiger partial charge in [0.05, 0.1) is 6.61 Å². The Labute approximate surface area is 123 Å². The molecule has 2 rings (SSSR count). The van der Waals surface area contributed by atoms with Crippen molar-refractivity contribution >= 4 is 5.69 Å². The summed E-state index contributed by atoms with van der Waals surface area (Å²) in [5.74, 6) is 1.52. The molecule has 112 valence electrons. The van der Waals surface area contributed by atoms with Crippen LogP contribution in [0.1, 0.15) is 33.1 Å². The highest BCUT2D eigenvalue weighted by Crippen LogP contribution is 2.18. The summed E-state index contributed by atoms with van der Waals surface area (Å²) in [4.78, 5) is 2.55. The van der Waals surface area contributed by atoms with Gasteiger partial charge in [-0.05, 0) is 44.0 Å². The molecule has 0 saturated carbocycles. The van der Waals surface area contributed by atoms with E-state index in [0.29, 0.717) is 5.92 Å². The van der Waals surface area contributed by atoms with Crippen LogP contribution in [-0.4, -0.2) is 37.7 Å². The van der Waals surface area contributed by atoms with Gasteiger partial charge in [-0.1, -0.05) is 26.3 Å². The number of hydrogen-bond donors (Lipinski definition) is 1. The van der Waals surface area contributed by atoms with Crippen LogP contribution in [0.2, 0.25) is 0 Å². The van der Waals surface area contributed by atoms with E-state index in [1.807, 2.05) is 6.07 Å². The maximum atomic E-state index is 5.75. The zero-order valence-corrected chi connectivity index (χ0v) is 12.9. The minimum Gasteiger partial charge on any atom is -0.493 e. The van der Waals surface area contributed by atoms with E-state index < -0.39 is 0 Å². The number of nitrogens with one attached hydrogen (secondary N) is 1. The Bertz CT molecular complexity index is 386. The molecule has 0 atom stereocenters. The van der Waals surface area contributed by atoms with Gasteiger partial charge in [0, 0.05) is 24.8 Å². The third kappa shape index (κ3) is 5.41. The van der Waals surface area contributed by atoms with E-state index in [4.69, 9.17) is 4.74 Å². The third-order valence-corrected chi connectivity index (χ3v) is 3.62. The van der Waals surface area contributed by atoms with Crippen molar-refractivity contribution in [3.63, 3.8) is 0 Å². The standard InChI is InChI=1S/C17H28N2O/c1-15(2)14-20-17-8-6-7-16(13-17)18-9-12-19-10-4-3-5-11-19/h6-8,13,15,18H,3-5,9-12,14H2,1-2H3. The fourth-order valence-electron chi connectivity index (χ4n) is 2.50. The predicted octanol–water partition coefficient (Wildman–Crippen LogP) is 3.62. The second-order valence-electron chi connectivity index (χ2n) is 6.06. The Morgan fingerprint density at radius 1 is 1.20 bits per heavy atom. The Balaban J connectivity index is 1.73. The van der Waals surface area contributed by atoms with Crippen LogP contribution >= 0.6 is 0 Å². The first-order chi connectivity index (χ1) is 9.74. The monoisotopic (exact) mass is 276 g/mol. The quantitative estimate of drug-likeness (QED) is 0.823. The Morgan fingerprint density at radius 3 is 2.75 bits per heavy atom. The molecule has 1 heterocycles. The fraction of sp³-hybridized carbons (Fsp3) is 0.647.